The minimum atomic E-state index is 0.755. The summed E-state index contributed by atoms with van der Waals surface area (Å²) in [5, 5.41) is 0. The molecule has 9 heteroatoms. The van der Waals surface area contributed by atoms with E-state index in [4.69, 9.17) is 29.9 Å². The van der Waals surface area contributed by atoms with E-state index in [2.05, 4.69) is 125 Å². The second-order valence-corrected chi connectivity index (χ2v) is 13.7. The van der Waals surface area contributed by atoms with Crippen LogP contribution in [0.5, 0.6) is 0 Å². The number of rotatable bonds is 6. The highest BCUT2D eigenvalue weighted by molar-refractivity contribution is 5.88. The Morgan fingerprint density at radius 1 is 0.352 bits per heavy atom. The Balaban J connectivity index is 1.32. The molecule has 0 atom stereocenters. The molecule has 0 amide bonds. The molecule has 0 aliphatic carbocycles. The molecule has 0 unspecified atom stereocenters. The number of hydrogen-bond donors (Lipinski definition) is 0. The van der Waals surface area contributed by atoms with Gasteiger partial charge in [0.05, 0.1) is 0 Å². The summed E-state index contributed by atoms with van der Waals surface area (Å²) < 4.78 is 6.42. The Labute approximate surface area is 310 Å². The third-order valence-corrected chi connectivity index (χ3v) is 9.74. The molecular formula is C45H33N9. The molecule has 0 spiro atoms. The number of aryl methyl sites for hydroxylation is 3. The fourth-order valence-electron chi connectivity index (χ4n) is 7.37. The molecule has 10 rings (SSSR count). The van der Waals surface area contributed by atoms with Crippen molar-refractivity contribution in [2.45, 2.75) is 20.8 Å². The summed E-state index contributed by atoms with van der Waals surface area (Å²) in [7, 11) is 0. The van der Waals surface area contributed by atoms with Crippen LogP contribution in [-0.2, 0) is 0 Å². The molecule has 0 bridgehead atoms. The minimum Gasteiger partial charge on any atom is -0.277 e. The molecule has 6 aromatic heterocycles. The van der Waals surface area contributed by atoms with Crippen LogP contribution in [0.25, 0.3) is 84.7 Å². The summed E-state index contributed by atoms with van der Waals surface area (Å²) in [5.74, 6) is 2.26. The second kappa shape index (κ2) is 12.5. The van der Waals surface area contributed by atoms with Gasteiger partial charge in [-0.2, -0.15) is 0 Å². The largest absolute Gasteiger partial charge is 0.277 e. The molecule has 0 aliphatic heterocycles. The van der Waals surface area contributed by atoms with Gasteiger partial charge in [-0.1, -0.05) is 36.4 Å². The average Bonchev–Trinajstić information content (AvgIpc) is 3.90. The van der Waals surface area contributed by atoms with Crippen LogP contribution in [0.15, 0.2) is 146 Å². The number of imidazole rings is 3. The van der Waals surface area contributed by atoms with Crippen molar-refractivity contribution in [3.63, 3.8) is 0 Å². The van der Waals surface area contributed by atoms with Crippen LogP contribution in [0, 0.1) is 20.8 Å². The first-order valence-electron chi connectivity index (χ1n) is 17.9. The van der Waals surface area contributed by atoms with Crippen LogP contribution >= 0.6 is 0 Å². The van der Waals surface area contributed by atoms with Crippen LogP contribution in [0.1, 0.15) is 16.7 Å². The van der Waals surface area contributed by atoms with Crippen LogP contribution in [-0.4, -0.2) is 43.6 Å². The lowest BCUT2D eigenvalue weighted by molar-refractivity contribution is 1.06. The van der Waals surface area contributed by atoms with Crippen molar-refractivity contribution < 1.29 is 0 Å². The Kier molecular flexibility index (Phi) is 7.26. The summed E-state index contributed by atoms with van der Waals surface area (Å²) >= 11 is 0. The van der Waals surface area contributed by atoms with Crippen LogP contribution in [0.3, 0.4) is 0 Å². The van der Waals surface area contributed by atoms with Gasteiger partial charge in [0.25, 0.3) is 0 Å². The molecule has 10 aromatic rings. The van der Waals surface area contributed by atoms with Crippen LogP contribution < -0.4 is 0 Å². The Morgan fingerprint density at radius 2 is 0.667 bits per heavy atom. The Bertz CT molecular complexity index is 2720. The van der Waals surface area contributed by atoms with E-state index in [-0.39, 0.29) is 0 Å². The van der Waals surface area contributed by atoms with Gasteiger partial charge in [0.1, 0.15) is 34.0 Å². The Hall–Kier alpha value is -7.26. The summed E-state index contributed by atoms with van der Waals surface area (Å²) in [4.78, 5) is 30.2. The molecule has 9 nitrogen and oxygen atoms in total. The van der Waals surface area contributed by atoms with E-state index in [1.54, 1.807) is 0 Å². The van der Waals surface area contributed by atoms with Crippen molar-refractivity contribution in [1.82, 2.24) is 43.6 Å². The molecule has 0 N–H and O–H groups in total. The monoisotopic (exact) mass is 699 g/mol. The Morgan fingerprint density at radius 3 is 0.963 bits per heavy atom. The fraction of sp³-hybridized carbons (Fsp3) is 0.0667. The van der Waals surface area contributed by atoms with Gasteiger partial charge < -0.3 is 0 Å². The molecule has 54 heavy (non-hydrogen) atoms. The van der Waals surface area contributed by atoms with E-state index in [1.165, 1.54) is 0 Å². The second-order valence-electron chi connectivity index (χ2n) is 13.7. The maximum Gasteiger partial charge on any atom is 0.164 e. The lowest BCUT2D eigenvalue weighted by Gasteiger charge is -2.15. The third kappa shape index (κ3) is 5.25. The van der Waals surface area contributed by atoms with Crippen molar-refractivity contribution >= 4 is 33.5 Å². The highest BCUT2D eigenvalue weighted by Crippen LogP contribution is 2.38. The van der Waals surface area contributed by atoms with Crippen molar-refractivity contribution in [3.05, 3.63) is 163 Å². The summed E-state index contributed by atoms with van der Waals surface area (Å²) in [5.41, 5.74) is 13.7. The van der Waals surface area contributed by atoms with Crippen LogP contribution in [0.4, 0.5) is 0 Å². The first-order chi connectivity index (χ1) is 26.5. The van der Waals surface area contributed by atoms with Gasteiger partial charge in [0, 0.05) is 52.3 Å². The van der Waals surface area contributed by atoms with Crippen molar-refractivity contribution in [1.29, 1.82) is 0 Å². The molecule has 0 radical (unpaired) electrons. The predicted molar refractivity (Wildman–Crippen MR) is 214 cm³/mol. The maximum absolute atomic E-state index is 5.25. The van der Waals surface area contributed by atoms with Gasteiger partial charge in [0.2, 0.25) is 0 Å². The molecule has 0 fully saturated rings. The van der Waals surface area contributed by atoms with Crippen molar-refractivity contribution in [2.75, 3.05) is 0 Å². The van der Waals surface area contributed by atoms with Crippen molar-refractivity contribution in [3.8, 4) is 51.2 Å². The lowest BCUT2D eigenvalue weighted by atomic mass is 10.0. The smallest absolute Gasteiger partial charge is 0.164 e. The summed E-state index contributed by atoms with van der Waals surface area (Å²) in [6, 6.07) is 43.6. The summed E-state index contributed by atoms with van der Waals surface area (Å²) in [6.45, 7) is 6.30. The average molecular weight is 700 g/mol. The molecule has 258 valence electrons. The van der Waals surface area contributed by atoms with E-state index in [0.29, 0.717) is 0 Å². The molecule has 6 heterocycles. The standard InChI is InChI=1S/C45H33N9/c1-28-10-4-13-34(22-28)52-40(49-37-16-7-19-46-43(37)52)31-25-32(41-50-38-17-8-20-47-44(38)53(41)35-14-5-11-29(2)23-35)27-33(26-31)42-51-39-18-9-21-48-45(39)54(42)36-15-6-12-30(3)24-36/h4-27H,1-3H3. The van der Waals surface area contributed by atoms with E-state index in [9.17, 15) is 0 Å². The lowest BCUT2D eigenvalue weighted by Crippen LogP contribution is -2.03. The highest BCUT2D eigenvalue weighted by Gasteiger charge is 2.23. The van der Waals surface area contributed by atoms with E-state index in [1.807, 2.05) is 55.0 Å². The molecule has 4 aromatic carbocycles. The quantitative estimate of drug-likeness (QED) is 0.172. The molecule has 0 aliphatic rings. The first-order valence-corrected chi connectivity index (χ1v) is 17.9. The maximum atomic E-state index is 5.25. The van der Waals surface area contributed by atoms with Gasteiger partial charge in [-0.25, -0.2) is 29.9 Å². The topological polar surface area (TPSA) is 92.1 Å². The van der Waals surface area contributed by atoms with Crippen molar-refractivity contribution in [2.24, 2.45) is 0 Å². The van der Waals surface area contributed by atoms with E-state index < -0.39 is 0 Å². The fourth-order valence-corrected chi connectivity index (χ4v) is 7.37. The van der Waals surface area contributed by atoms with E-state index in [0.717, 1.165) is 101 Å². The van der Waals surface area contributed by atoms with Gasteiger partial charge in [-0.3, -0.25) is 13.7 Å². The minimum absolute atomic E-state index is 0.755. The number of aromatic nitrogens is 9. The SMILES string of the molecule is Cc1cccc(-n2c(-c3cc(-c4nc5cccnc5n4-c4cccc(C)c4)cc(-c4nc5cccnc5n4-c4cccc(C)c4)c3)nc3cccnc32)c1. The molecule has 0 saturated heterocycles. The summed E-state index contributed by atoms with van der Waals surface area (Å²) in [6.07, 6.45) is 5.45. The number of fused-ring (bicyclic) bond motifs is 3. The third-order valence-electron chi connectivity index (χ3n) is 9.74. The highest BCUT2D eigenvalue weighted by atomic mass is 15.2. The van der Waals surface area contributed by atoms with Gasteiger partial charge in [0.15, 0.2) is 16.9 Å². The number of nitrogens with zero attached hydrogens (tertiary/aromatic N) is 9. The van der Waals surface area contributed by atoms with Gasteiger partial charge >= 0.3 is 0 Å². The zero-order valence-corrected chi connectivity index (χ0v) is 29.9. The number of hydrogen-bond acceptors (Lipinski definition) is 6. The number of benzene rings is 4. The first kappa shape index (κ1) is 31.5. The van der Waals surface area contributed by atoms with Gasteiger partial charge in [-0.05, 0) is 128 Å². The van der Waals surface area contributed by atoms with Crippen LogP contribution in [0.2, 0.25) is 0 Å². The zero-order valence-electron chi connectivity index (χ0n) is 29.9. The molecular weight excluding hydrogens is 667 g/mol. The normalized spacial score (nSPS) is 11.6. The van der Waals surface area contributed by atoms with E-state index >= 15 is 0 Å². The predicted octanol–water partition coefficient (Wildman–Crippen LogP) is 9.81. The number of pyridine rings is 3. The van der Waals surface area contributed by atoms with Gasteiger partial charge in [-0.15, -0.1) is 0 Å². The zero-order chi connectivity index (χ0) is 36.3. The molecule has 0 saturated carbocycles.